The first kappa shape index (κ1) is 13.6. The third-order valence-corrected chi connectivity index (χ3v) is 1.90. The molecule has 2 N–H and O–H groups in total. The van der Waals surface area contributed by atoms with E-state index in [1.165, 1.54) is 0 Å². The van der Waals surface area contributed by atoms with Crippen LogP contribution in [-0.4, -0.2) is 9.97 Å². The zero-order valence-corrected chi connectivity index (χ0v) is 9.98. The zero-order valence-electron chi connectivity index (χ0n) is 6.68. The number of rotatable bonds is 1. The number of aromatic nitrogens is 2. The molecule has 14 heavy (non-hydrogen) atoms. The van der Waals surface area contributed by atoms with Crippen molar-refractivity contribution in [1.29, 1.82) is 0 Å². The summed E-state index contributed by atoms with van der Waals surface area (Å²) in [4.78, 5) is 6.26. The topological polar surface area (TPSA) is 51.8 Å². The Hall–Kier alpha value is -0.370. The molecule has 0 atom stereocenters. The highest BCUT2D eigenvalue weighted by molar-refractivity contribution is 9.08. The highest BCUT2D eigenvalue weighted by Crippen LogP contribution is 2.27. The van der Waals surface area contributed by atoms with Crippen molar-refractivity contribution in [2.45, 2.75) is 11.5 Å². The Morgan fingerprint density at radius 3 is 2.36 bits per heavy atom. The van der Waals surface area contributed by atoms with Gasteiger partial charge in [0.25, 0.3) is 0 Å². The number of hydrogen-bond donors (Lipinski definition) is 1. The molecule has 1 aromatic heterocycles. The summed E-state index contributed by atoms with van der Waals surface area (Å²) in [6.45, 7) is 0. The molecule has 0 amide bonds. The molecule has 8 heteroatoms. The minimum absolute atomic E-state index is 0. The highest BCUT2D eigenvalue weighted by Gasteiger charge is 2.34. The van der Waals surface area contributed by atoms with Gasteiger partial charge in [-0.05, 0) is 0 Å². The largest absolute Gasteiger partial charge is 0.451 e. The molecule has 0 fully saturated rings. The van der Waals surface area contributed by atoms with Crippen molar-refractivity contribution in [1.82, 2.24) is 9.97 Å². The Labute approximate surface area is 96.8 Å². The normalized spacial score (nSPS) is 10.9. The fourth-order valence-corrected chi connectivity index (χ4v) is 1.09. The maximum Gasteiger partial charge on any atom is 0.451 e. The molecule has 0 radical (unpaired) electrons. The van der Waals surface area contributed by atoms with E-state index >= 15 is 0 Å². The van der Waals surface area contributed by atoms with E-state index in [9.17, 15) is 13.2 Å². The third-order valence-electron chi connectivity index (χ3n) is 1.30. The smallest absolute Gasteiger partial charge is 0.383 e. The van der Waals surface area contributed by atoms with Gasteiger partial charge in [-0.1, -0.05) is 15.9 Å². The van der Waals surface area contributed by atoms with Gasteiger partial charge in [0, 0.05) is 17.1 Å². The Bertz CT molecular complexity index is 316. The number of nitrogen functional groups attached to an aromatic ring is 1. The molecule has 0 spiro atoms. The van der Waals surface area contributed by atoms with Crippen LogP contribution in [0.5, 0.6) is 0 Å². The molecule has 0 unspecified atom stereocenters. The Kier molecular flexibility index (Phi) is 4.79. The van der Waals surface area contributed by atoms with Gasteiger partial charge < -0.3 is 5.73 Å². The number of nitrogens with two attached hydrogens (primary N) is 1. The van der Waals surface area contributed by atoms with Crippen molar-refractivity contribution in [2.75, 3.05) is 5.73 Å². The second kappa shape index (κ2) is 4.92. The van der Waals surface area contributed by atoms with Gasteiger partial charge in [-0.15, -0.1) is 17.0 Å². The molecule has 0 aliphatic heterocycles. The van der Waals surface area contributed by atoms with Crippen LogP contribution in [0.1, 0.15) is 11.4 Å². The first-order valence-electron chi connectivity index (χ1n) is 3.19. The lowest BCUT2D eigenvalue weighted by Crippen LogP contribution is -2.13. The molecule has 0 bridgehead atoms. The van der Waals surface area contributed by atoms with Crippen LogP contribution in [0.2, 0.25) is 0 Å². The van der Waals surface area contributed by atoms with Gasteiger partial charge in [0.1, 0.15) is 5.82 Å². The molecular formula is C6H6Br2F3N3. The van der Waals surface area contributed by atoms with E-state index in [-0.39, 0.29) is 22.8 Å². The van der Waals surface area contributed by atoms with E-state index in [4.69, 9.17) is 5.73 Å². The lowest BCUT2D eigenvalue weighted by molar-refractivity contribution is -0.144. The number of alkyl halides is 4. The number of anilines is 1. The highest BCUT2D eigenvalue weighted by atomic mass is 79.9. The fourth-order valence-electron chi connectivity index (χ4n) is 0.659. The van der Waals surface area contributed by atoms with Crippen LogP contribution in [-0.2, 0) is 11.5 Å². The predicted molar refractivity (Wildman–Crippen MR) is 54.4 cm³/mol. The van der Waals surface area contributed by atoms with Crippen molar-refractivity contribution >= 4 is 38.7 Å². The Morgan fingerprint density at radius 2 is 2.00 bits per heavy atom. The first-order valence-corrected chi connectivity index (χ1v) is 4.32. The van der Waals surface area contributed by atoms with Gasteiger partial charge in [-0.25, -0.2) is 9.97 Å². The average molecular weight is 337 g/mol. The van der Waals surface area contributed by atoms with Crippen LogP contribution >= 0.6 is 32.9 Å². The van der Waals surface area contributed by atoms with E-state index in [1.54, 1.807) is 0 Å². The lowest BCUT2D eigenvalue weighted by Gasteiger charge is -2.06. The second-order valence-corrected chi connectivity index (χ2v) is 2.80. The maximum atomic E-state index is 12.0. The van der Waals surface area contributed by atoms with E-state index in [0.717, 1.165) is 6.20 Å². The summed E-state index contributed by atoms with van der Waals surface area (Å²) >= 11 is 3.04. The van der Waals surface area contributed by atoms with Crippen molar-refractivity contribution in [2.24, 2.45) is 0 Å². The maximum absolute atomic E-state index is 12.0. The standard InChI is InChI=1S/C6H5BrF3N3.BrH/c7-1-3-2-12-5(6(8,9)10)13-4(3)11;/h2H,1H2,(H2,11,12,13);1H. The summed E-state index contributed by atoms with van der Waals surface area (Å²) < 4.78 is 36.0. The summed E-state index contributed by atoms with van der Waals surface area (Å²) in [7, 11) is 0. The van der Waals surface area contributed by atoms with E-state index < -0.39 is 12.0 Å². The predicted octanol–water partition coefficient (Wildman–Crippen LogP) is 2.55. The Morgan fingerprint density at radius 1 is 1.43 bits per heavy atom. The van der Waals surface area contributed by atoms with Gasteiger partial charge in [0.2, 0.25) is 5.82 Å². The molecule has 1 rings (SSSR count). The minimum atomic E-state index is -4.54. The van der Waals surface area contributed by atoms with Crippen molar-refractivity contribution < 1.29 is 13.2 Å². The van der Waals surface area contributed by atoms with Gasteiger partial charge in [0.15, 0.2) is 0 Å². The zero-order chi connectivity index (χ0) is 10.1. The quantitative estimate of drug-likeness (QED) is 0.802. The van der Waals surface area contributed by atoms with E-state index in [1.807, 2.05) is 0 Å². The van der Waals surface area contributed by atoms with Crippen LogP contribution in [0.3, 0.4) is 0 Å². The number of halogens is 5. The molecule has 0 aromatic carbocycles. The van der Waals surface area contributed by atoms with Gasteiger partial charge in [-0.2, -0.15) is 13.2 Å². The molecule has 0 aliphatic rings. The van der Waals surface area contributed by atoms with Gasteiger partial charge in [-0.3, -0.25) is 0 Å². The summed E-state index contributed by atoms with van der Waals surface area (Å²) in [5, 5.41) is 0.330. The minimum Gasteiger partial charge on any atom is -0.383 e. The van der Waals surface area contributed by atoms with Crippen LogP contribution < -0.4 is 5.73 Å². The van der Waals surface area contributed by atoms with Crippen molar-refractivity contribution in [3.8, 4) is 0 Å². The Balaban J connectivity index is 0.00000169. The SMILES string of the molecule is Br.Nc1nc(C(F)(F)F)ncc1CBr. The summed E-state index contributed by atoms with van der Waals surface area (Å²) in [5.74, 6) is -1.37. The lowest BCUT2D eigenvalue weighted by atomic mass is 10.3. The number of nitrogens with zero attached hydrogens (tertiary/aromatic N) is 2. The molecule has 1 heterocycles. The van der Waals surface area contributed by atoms with Crippen LogP contribution in [0, 0.1) is 0 Å². The first-order chi connectivity index (χ1) is 5.95. The van der Waals surface area contributed by atoms with Gasteiger partial charge >= 0.3 is 6.18 Å². The summed E-state index contributed by atoms with van der Waals surface area (Å²) in [6, 6.07) is 0. The van der Waals surface area contributed by atoms with Crippen LogP contribution in [0.4, 0.5) is 19.0 Å². The summed E-state index contributed by atoms with van der Waals surface area (Å²) in [6.07, 6.45) is -3.49. The molecule has 3 nitrogen and oxygen atoms in total. The van der Waals surface area contributed by atoms with Crippen LogP contribution in [0.15, 0.2) is 6.20 Å². The molecule has 0 saturated carbocycles. The molecule has 0 aliphatic carbocycles. The van der Waals surface area contributed by atoms with E-state index in [0.29, 0.717) is 10.9 Å². The van der Waals surface area contributed by atoms with Crippen LogP contribution in [0.25, 0.3) is 0 Å². The van der Waals surface area contributed by atoms with Crippen molar-refractivity contribution in [3.05, 3.63) is 17.6 Å². The van der Waals surface area contributed by atoms with Crippen molar-refractivity contribution in [3.63, 3.8) is 0 Å². The monoisotopic (exact) mass is 335 g/mol. The molecule has 1 aromatic rings. The van der Waals surface area contributed by atoms with E-state index in [2.05, 4.69) is 25.9 Å². The molecule has 0 saturated heterocycles. The average Bonchev–Trinajstić information content (AvgIpc) is 2.02. The third kappa shape index (κ3) is 3.09. The molecule has 80 valence electrons. The fraction of sp³-hybridized carbons (Fsp3) is 0.333. The second-order valence-electron chi connectivity index (χ2n) is 2.24. The number of hydrogen-bond acceptors (Lipinski definition) is 3. The molecular weight excluding hydrogens is 331 g/mol. The summed E-state index contributed by atoms with van der Waals surface area (Å²) in [5.41, 5.74) is 5.69. The van der Waals surface area contributed by atoms with Gasteiger partial charge in [0.05, 0.1) is 0 Å².